The molecule has 0 aromatic heterocycles. The molecule has 1 aromatic rings. The van der Waals surface area contributed by atoms with E-state index in [-0.39, 0.29) is 5.91 Å². The Morgan fingerprint density at radius 1 is 1.42 bits per heavy atom. The molecule has 0 radical (unpaired) electrons. The summed E-state index contributed by atoms with van der Waals surface area (Å²) in [6.45, 7) is 3.78. The van der Waals surface area contributed by atoms with Gasteiger partial charge in [0.1, 0.15) is 0 Å². The van der Waals surface area contributed by atoms with Gasteiger partial charge < -0.3 is 10.2 Å². The van der Waals surface area contributed by atoms with Gasteiger partial charge >= 0.3 is 0 Å². The standard InChI is InChI=1S/C14H18Cl2N2O/c1-10-4-2-3-7-18(10)9-14(19)17-13-6-5-11(15)8-12(13)16/h5-6,8,10H,2-4,7,9H2,1H3,(H,17,19)/p+1/t10-/m1/s1. The van der Waals surface area contributed by atoms with E-state index in [0.29, 0.717) is 28.3 Å². The third-order valence-electron chi connectivity index (χ3n) is 3.67. The normalized spacial score (nSPS) is 23.1. The number of carbonyl (C=O) groups is 1. The van der Waals surface area contributed by atoms with Crippen molar-refractivity contribution < 1.29 is 9.69 Å². The largest absolute Gasteiger partial charge is 0.325 e. The van der Waals surface area contributed by atoms with Crippen molar-refractivity contribution in [3.8, 4) is 0 Å². The number of amides is 1. The van der Waals surface area contributed by atoms with Crippen LogP contribution in [0.1, 0.15) is 26.2 Å². The predicted molar refractivity (Wildman–Crippen MR) is 79.1 cm³/mol. The minimum atomic E-state index is 0.00738. The van der Waals surface area contributed by atoms with Crippen molar-refractivity contribution in [2.75, 3.05) is 18.4 Å². The minimum absolute atomic E-state index is 0.00738. The van der Waals surface area contributed by atoms with Crippen molar-refractivity contribution in [1.29, 1.82) is 0 Å². The first-order valence-corrected chi connectivity index (χ1v) is 7.41. The van der Waals surface area contributed by atoms with E-state index < -0.39 is 0 Å². The first kappa shape index (κ1) is 14.6. The molecule has 0 saturated carbocycles. The Bertz CT molecular complexity index is 465. The summed E-state index contributed by atoms with van der Waals surface area (Å²) in [5.74, 6) is 0.00738. The molecule has 5 heteroatoms. The van der Waals surface area contributed by atoms with Crippen molar-refractivity contribution in [2.24, 2.45) is 0 Å². The summed E-state index contributed by atoms with van der Waals surface area (Å²) in [7, 11) is 0. The number of anilines is 1. The number of hydrogen-bond acceptors (Lipinski definition) is 1. The van der Waals surface area contributed by atoms with Crippen LogP contribution in [0.2, 0.25) is 10.0 Å². The van der Waals surface area contributed by atoms with Gasteiger partial charge in [-0.1, -0.05) is 23.2 Å². The van der Waals surface area contributed by atoms with E-state index >= 15 is 0 Å². The third-order valence-corrected chi connectivity index (χ3v) is 4.22. The summed E-state index contributed by atoms with van der Waals surface area (Å²) in [6.07, 6.45) is 3.67. The lowest BCUT2D eigenvalue weighted by Crippen LogP contribution is -3.17. The molecular weight excluding hydrogens is 283 g/mol. The molecule has 1 fully saturated rings. The van der Waals surface area contributed by atoms with E-state index in [1.807, 2.05) is 0 Å². The molecular formula is C14H19Cl2N2O+. The second-order valence-electron chi connectivity index (χ2n) is 5.15. The zero-order chi connectivity index (χ0) is 13.8. The minimum Gasteiger partial charge on any atom is -0.325 e. The van der Waals surface area contributed by atoms with E-state index in [4.69, 9.17) is 23.2 Å². The van der Waals surface area contributed by atoms with Crippen LogP contribution in [0.3, 0.4) is 0 Å². The highest BCUT2D eigenvalue weighted by Gasteiger charge is 2.24. The molecule has 1 aromatic carbocycles. The average Bonchev–Trinajstić information content (AvgIpc) is 2.36. The summed E-state index contributed by atoms with van der Waals surface area (Å²) in [6, 6.07) is 5.65. The maximum absolute atomic E-state index is 12.0. The Morgan fingerprint density at radius 3 is 2.89 bits per heavy atom. The van der Waals surface area contributed by atoms with E-state index in [0.717, 1.165) is 6.54 Å². The molecule has 0 bridgehead atoms. The van der Waals surface area contributed by atoms with Crippen LogP contribution in [-0.2, 0) is 4.79 Å². The molecule has 2 N–H and O–H groups in total. The van der Waals surface area contributed by atoms with Gasteiger partial charge in [-0.2, -0.15) is 0 Å². The molecule has 1 saturated heterocycles. The maximum atomic E-state index is 12.0. The van der Waals surface area contributed by atoms with Crippen LogP contribution in [0.5, 0.6) is 0 Å². The second-order valence-corrected chi connectivity index (χ2v) is 6.00. The fourth-order valence-corrected chi connectivity index (χ4v) is 2.96. The molecule has 1 amide bonds. The second kappa shape index (κ2) is 6.60. The zero-order valence-electron chi connectivity index (χ0n) is 11.0. The van der Waals surface area contributed by atoms with Crippen LogP contribution >= 0.6 is 23.2 Å². The highest BCUT2D eigenvalue weighted by molar-refractivity contribution is 6.36. The Morgan fingerprint density at radius 2 is 2.21 bits per heavy atom. The van der Waals surface area contributed by atoms with Gasteiger partial charge in [-0.25, -0.2) is 0 Å². The van der Waals surface area contributed by atoms with Crippen molar-refractivity contribution >= 4 is 34.8 Å². The van der Waals surface area contributed by atoms with Crippen LogP contribution in [0.15, 0.2) is 18.2 Å². The maximum Gasteiger partial charge on any atom is 0.279 e. The van der Waals surface area contributed by atoms with Crippen LogP contribution in [0.4, 0.5) is 5.69 Å². The number of carbonyl (C=O) groups excluding carboxylic acids is 1. The lowest BCUT2D eigenvalue weighted by molar-refractivity contribution is -0.920. The molecule has 0 aliphatic carbocycles. The van der Waals surface area contributed by atoms with Gasteiger partial charge in [-0.15, -0.1) is 0 Å². The molecule has 104 valence electrons. The van der Waals surface area contributed by atoms with Crippen molar-refractivity contribution in [3.63, 3.8) is 0 Å². The van der Waals surface area contributed by atoms with Crippen LogP contribution in [0.25, 0.3) is 0 Å². The summed E-state index contributed by atoms with van der Waals surface area (Å²) < 4.78 is 0. The number of quaternary nitrogens is 1. The molecule has 1 heterocycles. The lowest BCUT2D eigenvalue weighted by Gasteiger charge is -2.29. The Labute approximate surface area is 123 Å². The molecule has 0 spiro atoms. The summed E-state index contributed by atoms with van der Waals surface area (Å²) in [5.41, 5.74) is 0.625. The van der Waals surface area contributed by atoms with Gasteiger partial charge in [0.25, 0.3) is 5.91 Å². The number of piperidine rings is 1. The Hall–Kier alpha value is -0.770. The van der Waals surface area contributed by atoms with Crippen molar-refractivity contribution in [2.45, 2.75) is 32.2 Å². The first-order valence-electron chi connectivity index (χ1n) is 6.66. The number of nitrogens with one attached hydrogen (secondary N) is 2. The summed E-state index contributed by atoms with van der Waals surface area (Å²) in [4.78, 5) is 13.4. The summed E-state index contributed by atoms with van der Waals surface area (Å²) >= 11 is 11.9. The van der Waals surface area contributed by atoms with Crippen LogP contribution in [-0.4, -0.2) is 25.0 Å². The number of hydrogen-bond donors (Lipinski definition) is 2. The average molecular weight is 302 g/mol. The van der Waals surface area contributed by atoms with Gasteiger partial charge in [-0.05, 0) is 44.4 Å². The fourth-order valence-electron chi connectivity index (χ4n) is 2.51. The third kappa shape index (κ3) is 4.10. The van der Waals surface area contributed by atoms with Crippen molar-refractivity contribution in [3.05, 3.63) is 28.2 Å². The van der Waals surface area contributed by atoms with Gasteiger partial charge in [0.05, 0.1) is 23.3 Å². The first-order chi connectivity index (χ1) is 9.06. The molecule has 2 rings (SSSR count). The lowest BCUT2D eigenvalue weighted by atomic mass is 10.0. The molecule has 19 heavy (non-hydrogen) atoms. The molecule has 3 nitrogen and oxygen atoms in total. The topological polar surface area (TPSA) is 33.5 Å². The monoisotopic (exact) mass is 301 g/mol. The highest BCUT2D eigenvalue weighted by Crippen LogP contribution is 2.25. The number of likely N-dealkylation sites (tertiary alicyclic amines) is 1. The Balaban J connectivity index is 1.93. The van der Waals surface area contributed by atoms with Gasteiger partial charge in [0.15, 0.2) is 6.54 Å². The predicted octanol–water partition coefficient (Wildman–Crippen LogP) is 2.39. The molecule has 2 atom stereocenters. The SMILES string of the molecule is C[C@@H]1CCCC[NH+]1CC(=O)Nc1ccc(Cl)cc1Cl. The highest BCUT2D eigenvalue weighted by atomic mass is 35.5. The number of halogens is 2. The number of rotatable bonds is 3. The van der Waals surface area contributed by atoms with E-state index in [1.165, 1.54) is 24.2 Å². The molecule has 1 aliphatic rings. The van der Waals surface area contributed by atoms with E-state index in [1.54, 1.807) is 18.2 Å². The van der Waals surface area contributed by atoms with Crippen molar-refractivity contribution in [1.82, 2.24) is 0 Å². The van der Waals surface area contributed by atoms with Gasteiger partial charge in [-0.3, -0.25) is 4.79 Å². The van der Waals surface area contributed by atoms with Crippen LogP contribution in [0, 0.1) is 0 Å². The molecule has 1 aliphatic heterocycles. The quantitative estimate of drug-likeness (QED) is 0.883. The Kier molecular flexibility index (Phi) is 5.08. The van der Waals surface area contributed by atoms with E-state index in [9.17, 15) is 4.79 Å². The molecule has 1 unspecified atom stereocenters. The smallest absolute Gasteiger partial charge is 0.279 e. The zero-order valence-corrected chi connectivity index (χ0v) is 12.5. The van der Waals surface area contributed by atoms with Gasteiger partial charge in [0.2, 0.25) is 0 Å². The van der Waals surface area contributed by atoms with Gasteiger partial charge in [0, 0.05) is 5.02 Å². The van der Waals surface area contributed by atoms with E-state index in [2.05, 4.69) is 12.2 Å². The number of benzene rings is 1. The van der Waals surface area contributed by atoms with Crippen LogP contribution < -0.4 is 10.2 Å². The summed E-state index contributed by atoms with van der Waals surface area (Å²) in [5, 5.41) is 3.90. The fraction of sp³-hybridized carbons (Fsp3) is 0.500.